The van der Waals surface area contributed by atoms with E-state index in [0.29, 0.717) is 36.9 Å². The Hall–Kier alpha value is -3.06. The molecule has 2 aromatic carbocycles. The van der Waals surface area contributed by atoms with Crippen molar-refractivity contribution >= 4 is 45.7 Å². The Kier molecular flexibility index (Phi) is 6.42. The molecule has 0 bridgehead atoms. The van der Waals surface area contributed by atoms with Crippen molar-refractivity contribution in [2.45, 2.75) is 13.3 Å². The molecule has 4 rings (SSSR count). The van der Waals surface area contributed by atoms with Gasteiger partial charge in [-0.15, -0.1) is 0 Å². The number of anilines is 3. The number of halogens is 2. The minimum atomic E-state index is -0.328. The lowest BCUT2D eigenvalue weighted by Crippen LogP contribution is -2.50. The highest BCUT2D eigenvalue weighted by Gasteiger charge is 2.23. The number of piperazine rings is 1. The zero-order valence-electron chi connectivity index (χ0n) is 17.4. The van der Waals surface area contributed by atoms with E-state index in [0.717, 1.165) is 35.4 Å². The average Bonchev–Trinajstić information content (AvgIpc) is 2.78. The molecule has 1 aliphatic rings. The number of amides is 2. The SMILES string of the molecule is CCCNc1cc(N2CCN(C(=O)Nc3ccc(F)cc3)CC2)c2ccc(Cl)cc2n1. The van der Waals surface area contributed by atoms with Crippen LogP contribution in [0.5, 0.6) is 0 Å². The molecule has 8 heteroatoms. The van der Waals surface area contributed by atoms with E-state index < -0.39 is 0 Å². The van der Waals surface area contributed by atoms with Crippen molar-refractivity contribution in [3.8, 4) is 0 Å². The molecule has 162 valence electrons. The molecule has 2 N–H and O–H groups in total. The molecule has 0 saturated carbocycles. The molecule has 0 unspecified atom stereocenters. The highest BCUT2D eigenvalue weighted by molar-refractivity contribution is 6.31. The first-order valence-corrected chi connectivity index (χ1v) is 10.8. The van der Waals surface area contributed by atoms with Gasteiger partial charge in [-0.25, -0.2) is 14.2 Å². The Morgan fingerprint density at radius 2 is 1.84 bits per heavy atom. The van der Waals surface area contributed by atoms with Crippen LogP contribution in [0.25, 0.3) is 10.9 Å². The molecule has 1 aromatic heterocycles. The van der Waals surface area contributed by atoms with Gasteiger partial charge in [-0.05, 0) is 48.9 Å². The number of hydrogen-bond donors (Lipinski definition) is 2. The summed E-state index contributed by atoms with van der Waals surface area (Å²) in [4.78, 5) is 21.3. The van der Waals surface area contributed by atoms with E-state index >= 15 is 0 Å². The number of nitrogens with zero attached hydrogens (tertiary/aromatic N) is 3. The topological polar surface area (TPSA) is 60.5 Å². The summed E-state index contributed by atoms with van der Waals surface area (Å²) in [5, 5.41) is 7.88. The molecule has 2 heterocycles. The van der Waals surface area contributed by atoms with E-state index in [-0.39, 0.29) is 11.8 Å². The van der Waals surface area contributed by atoms with E-state index in [2.05, 4.69) is 28.5 Å². The predicted molar refractivity (Wildman–Crippen MR) is 125 cm³/mol. The number of nitrogens with one attached hydrogen (secondary N) is 2. The summed E-state index contributed by atoms with van der Waals surface area (Å²) < 4.78 is 13.1. The molecular formula is C23H25ClFN5O. The Balaban J connectivity index is 1.48. The van der Waals surface area contributed by atoms with Gasteiger partial charge in [0.2, 0.25) is 0 Å². The van der Waals surface area contributed by atoms with Gasteiger partial charge < -0.3 is 20.4 Å². The monoisotopic (exact) mass is 441 g/mol. The van der Waals surface area contributed by atoms with Crippen LogP contribution in [0.1, 0.15) is 13.3 Å². The smallest absolute Gasteiger partial charge is 0.321 e. The van der Waals surface area contributed by atoms with Crippen LogP contribution in [0.2, 0.25) is 5.02 Å². The molecule has 2 amide bonds. The Morgan fingerprint density at radius 1 is 1.10 bits per heavy atom. The number of urea groups is 1. The largest absolute Gasteiger partial charge is 0.370 e. The van der Waals surface area contributed by atoms with Crippen LogP contribution < -0.4 is 15.5 Å². The first-order chi connectivity index (χ1) is 15.0. The number of benzene rings is 2. The summed E-state index contributed by atoms with van der Waals surface area (Å²) >= 11 is 6.20. The number of carbonyl (C=O) groups excluding carboxylic acids is 1. The van der Waals surface area contributed by atoms with Gasteiger partial charge in [0.25, 0.3) is 0 Å². The van der Waals surface area contributed by atoms with E-state index in [9.17, 15) is 9.18 Å². The van der Waals surface area contributed by atoms with Gasteiger partial charge in [0, 0.05) is 60.6 Å². The fourth-order valence-corrected chi connectivity index (χ4v) is 3.84. The number of fused-ring (bicyclic) bond motifs is 1. The van der Waals surface area contributed by atoms with Gasteiger partial charge >= 0.3 is 6.03 Å². The van der Waals surface area contributed by atoms with Gasteiger partial charge in [-0.2, -0.15) is 0 Å². The maximum absolute atomic E-state index is 13.1. The molecule has 6 nitrogen and oxygen atoms in total. The van der Waals surface area contributed by atoms with E-state index in [4.69, 9.17) is 16.6 Å². The van der Waals surface area contributed by atoms with Crippen molar-refractivity contribution in [2.24, 2.45) is 0 Å². The fraction of sp³-hybridized carbons (Fsp3) is 0.304. The van der Waals surface area contributed by atoms with E-state index in [1.165, 1.54) is 12.1 Å². The van der Waals surface area contributed by atoms with Crippen LogP contribution in [0.3, 0.4) is 0 Å². The van der Waals surface area contributed by atoms with Crippen LogP contribution in [0.4, 0.5) is 26.4 Å². The second kappa shape index (κ2) is 9.39. The highest BCUT2D eigenvalue weighted by Crippen LogP contribution is 2.31. The maximum atomic E-state index is 13.1. The summed E-state index contributed by atoms with van der Waals surface area (Å²) in [6, 6.07) is 13.4. The second-order valence-electron chi connectivity index (χ2n) is 7.53. The quantitative estimate of drug-likeness (QED) is 0.571. The van der Waals surface area contributed by atoms with Crippen LogP contribution in [0, 0.1) is 5.82 Å². The number of hydrogen-bond acceptors (Lipinski definition) is 4. The molecule has 0 radical (unpaired) electrons. The zero-order chi connectivity index (χ0) is 21.8. The van der Waals surface area contributed by atoms with Crippen molar-refractivity contribution in [3.05, 3.63) is 59.4 Å². The molecule has 1 saturated heterocycles. The summed E-state index contributed by atoms with van der Waals surface area (Å²) in [6.45, 7) is 5.53. The Morgan fingerprint density at radius 3 is 2.55 bits per heavy atom. The number of carbonyl (C=O) groups is 1. The lowest BCUT2D eigenvalue weighted by atomic mass is 10.1. The lowest BCUT2D eigenvalue weighted by Gasteiger charge is -2.36. The Labute approximate surface area is 186 Å². The summed E-state index contributed by atoms with van der Waals surface area (Å²) in [5.74, 6) is 0.494. The third kappa shape index (κ3) is 4.99. The Bertz CT molecular complexity index is 1070. The number of rotatable bonds is 5. The minimum absolute atomic E-state index is 0.178. The minimum Gasteiger partial charge on any atom is -0.370 e. The van der Waals surface area contributed by atoms with Gasteiger partial charge in [-0.1, -0.05) is 18.5 Å². The lowest BCUT2D eigenvalue weighted by molar-refractivity contribution is 0.208. The van der Waals surface area contributed by atoms with Crippen LogP contribution in [0.15, 0.2) is 48.5 Å². The van der Waals surface area contributed by atoms with Crippen LogP contribution >= 0.6 is 11.6 Å². The first kappa shape index (κ1) is 21.2. The van der Waals surface area contributed by atoms with Crippen molar-refractivity contribution in [3.63, 3.8) is 0 Å². The third-order valence-electron chi connectivity index (χ3n) is 5.31. The van der Waals surface area contributed by atoms with Gasteiger partial charge in [0.05, 0.1) is 5.52 Å². The van der Waals surface area contributed by atoms with Crippen LogP contribution in [-0.2, 0) is 0 Å². The van der Waals surface area contributed by atoms with Gasteiger partial charge in [0.1, 0.15) is 11.6 Å². The summed E-state index contributed by atoms with van der Waals surface area (Å²) in [7, 11) is 0. The summed E-state index contributed by atoms with van der Waals surface area (Å²) in [6.07, 6.45) is 1.01. The molecule has 0 atom stereocenters. The van der Waals surface area contributed by atoms with Gasteiger partial charge in [0.15, 0.2) is 0 Å². The molecule has 3 aromatic rings. The summed E-state index contributed by atoms with van der Waals surface area (Å²) in [5.41, 5.74) is 2.51. The van der Waals surface area contributed by atoms with Gasteiger partial charge in [-0.3, -0.25) is 0 Å². The highest BCUT2D eigenvalue weighted by atomic mass is 35.5. The maximum Gasteiger partial charge on any atom is 0.321 e. The average molecular weight is 442 g/mol. The molecule has 0 spiro atoms. The number of pyridine rings is 1. The van der Waals surface area contributed by atoms with E-state index in [1.54, 1.807) is 17.0 Å². The molecule has 31 heavy (non-hydrogen) atoms. The van der Waals surface area contributed by atoms with Crippen molar-refractivity contribution in [2.75, 3.05) is 48.3 Å². The number of aromatic nitrogens is 1. The molecule has 1 aliphatic heterocycles. The van der Waals surface area contributed by atoms with Crippen molar-refractivity contribution < 1.29 is 9.18 Å². The molecule has 0 aliphatic carbocycles. The molecule has 1 fully saturated rings. The van der Waals surface area contributed by atoms with Crippen molar-refractivity contribution in [1.29, 1.82) is 0 Å². The van der Waals surface area contributed by atoms with E-state index in [1.807, 2.05) is 18.2 Å². The second-order valence-corrected chi connectivity index (χ2v) is 7.96. The zero-order valence-corrected chi connectivity index (χ0v) is 18.1. The standard InChI is InChI=1S/C23H25ClFN5O/c1-2-9-26-22-15-21(19-8-3-16(24)14-20(19)28-22)29-10-12-30(13-11-29)23(31)27-18-6-4-17(25)5-7-18/h3-8,14-15H,2,9-13H2,1H3,(H,26,28)(H,27,31). The normalized spacial score (nSPS) is 14.0. The molecular weight excluding hydrogens is 417 g/mol. The van der Waals surface area contributed by atoms with Crippen LogP contribution in [-0.4, -0.2) is 48.6 Å². The fourth-order valence-electron chi connectivity index (χ4n) is 3.67. The predicted octanol–water partition coefficient (Wildman–Crippen LogP) is 5.20. The third-order valence-corrected chi connectivity index (χ3v) is 5.54. The van der Waals surface area contributed by atoms with Crippen molar-refractivity contribution in [1.82, 2.24) is 9.88 Å². The first-order valence-electron chi connectivity index (χ1n) is 10.4.